The van der Waals surface area contributed by atoms with Gasteiger partial charge in [-0.3, -0.25) is 4.40 Å². The first kappa shape index (κ1) is 16.6. The van der Waals surface area contributed by atoms with Crippen molar-refractivity contribution in [2.45, 2.75) is 32.2 Å². The van der Waals surface area contributed by atoms with E-state index in [1.54, 1.807) is 0 Å². The number of amides is 2. The Labute approximate surface area is 152 Å². The van der Waals surface area contributed by atoms with Crippen molar-refractivity contribution in [1.82, 2.24) is 24.8 Å². The molecule has 26 heavy (non-hydrogen) atoms. The Hall–Kier alpha value is -2.89. The van der Waals surface area contributed by atoms with E-state index in [0.717, 1.165) is 43.0 Å². The van der Waals surface area contributed by atoms with Crippen molar-refractivity contribution in [3.05, 3.63) is 65.6 Å². The predicted octanol–water partition coefficient (Wildman–Crippen LogP) is 3.13. The molecule has 0 bridgehead atoms. The number of nitrogens with zero attached hydrogens (tertiary/aromatic N) is 4. The molecule has 6 nitrogen and oxygen atoms in total. The third kappa shape index (κ3) is 3.40. The van der Waals surface area contributed by atoms with Gasteiger partial charge in [-0.1, -0.05) is 35.9 Å². The minimum atomic E-state index is 0.0102. The number of fused-ring (bicyclic) bond motifs is 1. The van der Waals surface area contributed by atoms with E-state index in [9.17, 15) is 4.79 Å². The molecule has 134 valence electrons. The van der Waals surface area contributed by atoms with Crippen LogP contribution in [0.2, 0.25) is 0 Å². The summed E-state index contributed by atoms with van der Waals surface area (Å²) in [5.41, 5.74) is 3.21. The monoisotopic (exact) mass is 349 g/mol. The van der Waals surface area contributed by atoms with Crippen LogP contribution in [0.1, 0.15) is 35.7 Å². The zero-order valence-corrected chi connectivity index (χ0v) is 14.9. The van der Waals surface area contributed by atoms with Crippen molar-refractivity contribution in [1.29, 1.82) is 0 Å². The molecule has 1 aliphatic heterocycles. The molecular weight excluding hydrogens is 326 g/mol. The van der Waals surface area contributed by atoms with Gasteiger partial charge in [-0.2, -0.15) is 0 Å². The topological polar surface area (TPSA) is 62.5 Å². The second-order valence-corrected chi connectivity index (χ2v) is 6.90. The molecule has 1 aliphatic rings. The van der Waals surface area contributed by atoms with Crippen molar-refractivity contribution < 1.29 is 4.79 Å². The number of carbonyl (C=O) groups excluding carboxylic acids is 1. The average molecular weight is 349 g/mol. The summed E-state index contributed by atoms with van der Waals surface area (Å²) in [5.74, 6) is 1.34. The standard InChI is InChI=1S/C20H23N5O/c1-15-5-4-6-16(13-15)14-21-20(26)24-11-8-17(9-12-24)19-23-22-18-7-2-3-10-25(18)19/h2-7,10,13,17H,8-9,11-12,14H2,1H3,(H,21,26). The smallest absolute Gasteiger partial charge is 0.317 e. The normalized spacial score (nSPS) is 15.3. The number of hydrogen-bond donors (Lipinski definition) is 1. The van der Waals surface area contributed by atoms with Crippen LogP contribution in [0.3, 0.4) is 0 Å². The Kier molecular flexibility index (Phi) is 4.56. The average Bonchev–Trinajstić information content (AvgIpc) is 3.10. The number of likely N-dealkylation sites (tertiary alicyclic amines) is 1. The molecule has 1 fully saturated rings. The number of benzene rings is 1. The number of aryl methyl sites for hydroxylation is 1. The van der Waals surface area contributed by atoms with E-state index in [2.05, 4.69) is 39.0 Å². The third-order valence-corrected chi connectivity index (χ3v) is 5.01. The molecule has 3 heterocycles. The first-order valence-corrected chi connectivity index (χ1v) is 9.09. The molecule has 0 saturated carbocycles. The Morgan fingerprint density at radius 3 is 2.81 bits per heavy atom. The molecule has 0 radical (unpaired) electrons. The van der Waals surface area contributed by atoms with Gasteiger partial charge in [0.1, 0.15) is 5.82 Å². The van der Waals surface area contributed by atoms with Crippen LogP contribution in [0.5, 0.6) is 0 Å². The lowest BCUT2D eigenvalue weighted by atomic mass is 9.96. The Morgan fingerprint density at radius 1 is 1.15 bits per heavy atom. The number of rotatable bonds is 3. The molecule has 1 saturated heterocycles. The number of pyridine rings is 1. The molecule has 1 aromatic carbocycles. The fourth-order valence-electron chi connectivity index (χ4n) is 3.59. The van der Waals surface area contributed by atoms with Crippen molar-refractivity contribution in [3.63, 3.8) is 0 Å². The van der Waals surface area contributed by atoms with Gasteiger partial charge in [0.05, 0.1) is 0 Å². The van der Waals surface area contributed by atoms with E-state index in [1.165, 1.54) is 5.56 Å². The maximum atomic E-state index is 12.4. The molecule has 0 aliphatic carbocycles. The SMILES string of the molecule is Cc1cccc(CNC(=O)N2CCC(c3nnc4ccccn34)CC2)c1. The molecule has 4 rings (SSSR count). The molecule has 6 heteroatoms. The van der Waals surface area contributed by atoms with Crippen LogP contribution in [0, 0.1) is 6.92 Å². The molecule has 0 atom stereocenters. The van der Waals surface area contributed by atoms with Gasteiger partial charge in [0, 0.05) is 31.7 Å². The molecule has 3 aromatic rings. The van der Waals surface area contributed by atoms with E-state index < -0.39 is 0 Å². The minimum absolute atomic E-state index is 0.0102. The van der Waals surface area contributed by atoms with Crippen LogP contribution in [-0.4, -0.2) is 38.6 Å². The molecule has 2 amide bonds. The molecule has 2 aromatic heterocycles. The van der Waals surface area contributed by atoms with Crippen LogP contribution in [0.15, 0.2) is 48.7 Å². The zero-order chi connectivity index (χ0) is 17.9. The minimum Gasteiger partial charge on any atom is -0.334 e. The fourth-order valence-corrected chi connectivity index (χ4v) is 3.59. The predicted molar refractivity (Wildman–Crippen MR) is 99.9 cm³/mol. The second kappa shape index (κ2) is 7.15. The first-order valence-electron chi connectivity index (χ1n) is 9.09. The summed E-state index contributed by atoms with van der Waals surface area (Å²) < 4.78 is 2.05. The highest BCUT2D eigenvalue weighted by atomic mass is 16.2. The van der Waals surface area contributed by atoms with E-state index in [1.807, 2.05) is 41.4 Å². The summed E-state index contributed by atoms with van der Waals surface area (Å²) in [4.78, 5) is 14.3. The summed E-state index contributed by atoms with van der Waals surface area (Å²) in [6.07, 6.45) is 3.83. The number of hydrogen-bond acceptors (Lipinski definition) is 3. The summed E-state index contributed by atoms with van der Waals surface area (Å²) >= 11 is 0. The maximum Gasteiger partial charge on any atom is 0.317 e. The van der Waals surface area contributed by atoms with Crippen LogP contribution in [-0.2, 0) is 6.54 Å². The van der Waals surface area contributed by atoms with Gasteiger partial charge in [0.25, 0.3) is 0 Å². The highest BCUT2D eigenvalue weighted by molar-refractivity contribution is 5.74. The summed E-state index contributed by atoms with van der Waals surface area (Å²) in [6, 6.07) is 14.2. The lowest BCUT2D eigenvalue weighted by molar-refractivity contribution is 0.180. The van der Waals surface area contributed by atoms with Crippen molar-refractivity contribution >= 4 is 11.7 Å². The van der Waals surface area contributed by atoms with Gasteiger partial charge >= 0.3 is 6.03 Å². The van der Waals surface area contributed by atoms with Gasteiger partial charge in [-0.05, 0) is 37.5 Å². The van der Waals surface area contributed by atoms with E-state index in [-0.39, 0.29) is 6.03 Å². The van der Waals surface area contributed by atoms with E-state index in [4.69, 9.17) is 0 Å². The Bertz CT molecular complexity index is 911. The fraction of sp³-hybridized carbons (Fsp3) is 0.350. The Balaban J connectivity index is 1.33. The van der Waals surface area contributed by atoms with E-state index in [0.29, 0.717) is 12.5 Å². The zero-order valence-electron chi connectivity index (χ0n) is 14.9. The molecule has 0 unspecified atom stereocenters. The van der Waals surface area contributed by atoms with E-state index >= 15 is 0 Å². The summed E-state index contributed by atoms with van der Waals surface area (Å²) in [5, 5.41) is 11.6. The van der Waals surface area contributed by atoms with Crippen LogP contribution >= 0.6 is 0 Å². The largest absolute Gasteiger partial charge is 0.334 e. The molecule has 0 spiro atoms. The van der Waals surface area contributed by atoms with Crippen LogP contribution < -0.4 is 5.32 Å². The van der Waals surface area contributed by atoms with Gasteiger partial charge in [-0.25, -0.2) is 4.79 Å². The number of aromatic nitrogens is 3. The Morgan fingerprint density at radius 2 is 2.00 bits per heavy atom. The van der Waals surface area contributed by atoms with Crippen LogP contribution in [0.4, 0.5) is 4.79 Å². The van der Waals surface area contributed by atoms with Gasteiger partial charge < -0.3 is 10.2 Å². The number of urea groups is 1. The van der Waals surface area contributed by atoms with Gasteiger partial charge in [0.15, 0.2) is 5.65 Å². The molecular formula is C20H23N5O. The first-order chi connectivity index (χ1) is 12.7. The summed E-state index contributed by atoms with van der Waals surface area (Å²) in [7, 11) is 0. The highest BCUT2D eigenvalue weighted by Gasteiger charge is 2.26. The van der Waals surface area contributed by atoms with Crippen LogP contribution in [0.25, 0.3) is 5.65 Å². The number of carbonyl (C=O) groups is 1. The van der Waals surface area contributed by atoms with Crippen molar-refractivity contribution in [3.8, 4) is 0 Å². The number of nitrogens with one attached hydrogen (secondary N) is 1. The quantitative estimate of drug-likeness (QED) is 0.790. The lowest BCUT2D eigenvalue weighted by Gasteiger charge is -2.31. The second-order valence-electron chi connectivity index (χ2n) is 6.90. The lowest BCUT2D eigenvalue weighted by Crippen LogP contribution is -2.44. The van der Waals surface area contributed by atoms with Gasteiger partial charge in [0.2, 0.25) is 0 Å². The van der Waals surface area contributed by atoms with Crippen molar-refractivity contribution in [2.24, 2.45) is 0 Å². The number of piperidine rings is 1. The van der Waals surface area contributed by atoms with Gasteiger partial charge in [-0.15, -0.1) is 10.2 Å². The summed E-state index contributed by atoms with van der Waals surface area (Å²) in [6.45, 7) is 4.11. The highest BCUT2D eigenvalue weighted by Crippen LogP contribution is 2.27. The third-order valence-electron chi connectivity index (χ3n) is 5.01. The molecule has 1 N–H and O–H groups in total. The van der Waals surface area contributed by atoms with Crippen molar-refractivity contribution in [2.75, 3.05) is 13.1 Å². The maximum absolute atomic E-state index is 12.4.